The summed E-state index contributed by atoms with van der Waals surface area (Å²) in [5, 5.41) is 21.1. The zero-order chi connectivity index (χ0) is 11.1. The van der Waals surface area contributed by atoms with Gasteiger partial charge in [0, 0.05) is 0 Å². The molecule has 0 aromatic carbocycles. The summed E-state index contributed by atoms with van der Waals surface area (Å²) in [7, 11) is 1.53. The van der Waals surface area contributed by atoms with Gasteiger partial charge in [0.1, 0.15) is 6.04 Å². The lowest BCUT2D eigenvalue weighted by Gasteiger charge is -2.23. The molecule has 0 radical (unpaired) electrons. The molecule has 4 heteroatoms. The van der Waals surface area contributed by atoms with Crippen LogP contribution in [0.5, 0.6) is 0 Å². The topological polar surface area (TPSA) is 69.6 Å². The van der Waals surface area contributed by atoms with Crippen LogP contribution in [-0.2, 0) is 4.79 Å². The van der Waals surface area contributed by atoms with E-state index in [0.29, 0.717) is 6.42 Å². The molecule has 0 aliphatic carbocycles. The maximum atomic E-state index is 10.7. The third-order valence-corrected chi connectivity index (χ3v) is 2.25. The van der Waals surface area contributed by atoms with Gasteiger partial charge in [-0.1, -0.05) is 19.1 Å². The van der Waals surface area contributed by atoms with Crippen molar-refractivity contribution in [3.8, 4) is 0 Å². The predicted octanol–water partition coefficient (Wildman–Crippen LogP) is 0.622. The Morgan fingerprint density at radius 2 is 2.14 bits per heavy atom. The van der Waals surface area contributed by atoms with Crippen LogP contribution < -0.4 is 5.32 Å². The highest BCUT2D eigenvalue weighted by Gasteiger charge is 2.28. The first-order chi connectivity index (χ1) is 6.54. The van der Waals surface area contributed by atoms with Crippen LogP contribution in [0.25, 0.3) is 0 Å². The van der Waals surface area contributed by atoms with Crippen LogP contribution in [0.1, 0.15) is 20.3 Å². The lowest BCUT2D eigenvalue weighted by atomic mass is 9.95. The molecule has 0 heterocycles. The fourth-order valence-corrected chi connectivity index (χ4v) is 1.26. The van der Waals surface area contributed by atoms with E-state index < -0.39 is 18.1 Å². The summed E-state index contributed by atoms with van der Waals surface area (Å²) in [6.45, 7) is 3.73. The molecule has 82 valence electrons. The average Bonchev–Trinajstić information content (AvgIpc) is 2.14. The molecule has 0 saturated carbocycles. The molecular formula is C10H19NO3. The molecule has 0 amide bonds. The smallest absolute Gasteiger partial charge is 0.323 e. The standard InChI is InChI=1S/C10H19NO3/c1-4-5-6-7(2)9(12)8(11-3)10(13)14/h4-5,7-9,11-12H,6H2,1-3H3,(H,13,14)/t7-,8+,9-/m1/s1. The second-order valence-electron chi connectivity index (χ2n) is 3.38. The molecule has 0 spiro atoms. The van der Waals surface area contributed by atoms with Gasteiger partial charge in [0.15, 0.2) is 0 Å². The third kappa shape index (κ3) is 3.89. The molecule has 0 aromatic rings. The first kappa shape index (κ1) is 13.1. The van der Waals surface area contributed by atoms with Crippen LogP contribution in [0, 0.1) is 5.92 Å². The Bertz CT molecular complexity index is 204. The molecule has 0 aromatic heterocycles. The van der Waals surface area contributed by atoms with E-state index in [1.807, 2.05) is 26.0 Å². The maximum absolute atomic E-state index is 10.7. The molecular weight excluding hydrogens is 182 g/mol. The number of carboxylic acid groups (broad SMARTS) is 1. The minimum absolute atomic E-state index is 0.0697. The van der Waals surface area contributed by atoms with Crippen molar-refractivity contribution in [2.24, 2.45) is 5.92 Å². The normalized spacial score (nSPS) is 18.0. The van der Waals surface area contributed by atoms with E-state index >= 15 is 0 Å². The van der Waals surface area contributed by atoms with Gasteiger partial charge in [-0.2, -0.15) is 0 Å². The number of hydrogen-bond donors (Lipinski definition) is 3. The molecule has 0 bridgehead atoms. The van der Waals surface area contributed by atoms with E-state index in [9.17, 15) is 9.90 Å². The third-order valence-electron chi connectivity index (χ3n) is 2.25. The van der Waals surface area contributed by atoms with Crippen LogP contribution >= 0.6 is 0 Å². The minimum atomic E-state index is -1.02. The largest absolute Gasteiger partial charge is 0.480 e. The monoisotopic (exact) mass is 201 g/mol. The number of rotatable bonds is 6. The Morgan fingerprint density at radius 3 is 2.50 bits per heavy atom. The van der Waals surface area contributed by atoms with Crippen molar-refractivity contribution in [1.82, 2.24) is 5.32 Å². The van der Waals surface area contributed by atoms with Crippen molar-refractivity contribution in [2.75, 3.05) is 7.05 Å². The van der Waals surface area contributed by atoms with Gasteiger partial charge < -0.3 is 15.5 Å². The summed E-state index contributed by atoms with van der Waals surface area (Å²) in [6, 6.07) is -0.893. The van der Waals surface area contributed by atoms with Crippen LogP contribution in [0.15, 0.2) is 12.2 Å². The second kappa shape index (κ2) is 6.56. The van der Waals surface area contributed by atoms with Crippen LogP contribution in [0.3, 0.4) is 0 Å². The highest BCUT2D eigenvalue weighted by Crippen LogP contribution is 2.12. The molecule has 0 aliphatic heterocycles. The number of allylic oxidation sites excluding steroid dienone is 2. The Balaban J connectivity index is 4.26. The average molecular weight is 201 g/mol. The molecule has 3 N–H and O–H groups in total. The molecule has 4 nitrogen and oxygen atoms in total. The van der Waals surface area contributed by atoms with Gasteiger partial charge in [0.2, 0.25) is 0 Å². The van der Waals surface area contributed by atoms with Crippen molar-refractivity contribution >= 4 is 5.97 Å². The van der Waals surface area contributed by atoms with Gasteiger partial charge in [-0.25, -0.2) is 0 Å². The van der Waals surface area contributed by atoms with Gasteiger partial charge >= 0.3 is 5.97 Å². The Kier molecular flexibility index (Phi) is 6.16. The lowest BCUT2D eigenvalue weighted by Crippen LogP contribution is -2.47. The second-order valence-corrected chi connectivity index (χ2v) is 3.38. The molecule has 0 unspecified atom stereocenters. The van der Waals surface area contributed by atoms with E-state index in [2.05, 4.69) is 5.32 Å². The summed E-state index contributed by atoms with van der Waals surface area (Å²) in [5.41, 5.74) is 0. The van der Waals surface area contributed by atoms with Gasteiger partial charge in [-0.05, 0) is 26.3 Å². The fraction of sp³-hybridized carbons (Fsp3) is 0.700. The molecule has 0 aliphatic rings. The predicted molar refractivity (Wildman–Crippen MR) is 55.1 cm³/mol. The van der Waals surface area contributed by atoms with Crippen LogP contribution in [0.2, 0.25) is 0 Å². The summed E-state index contributed by atoms with van der Waals surface area (Å²) >= 11 is 0. The van der Waals surface area contributed by atoms with E-state index in [0.717, 1.165) is 0 Å². The van der Waals surface area contributed by atoms with E-state index in [4.69, 9.17) is 5.11 Å². The van der Waals surface area contributed by atoms with Gasteiger partial charge in [-0.3, -0.25) is 4.79 Å². The Morgan fingerprint density at radius 1 is 1.57 bits per heavy atom. The molecule has 0 fully saturated rings. The molecule has 3 atom stereocenters. The summed E-state index contributed by atoms with van der Waals surface area (Å²) in [6.07, 6.45) is 3.62. The van der Waals surface area contributed by atoms with E-state index in [1.54, 1.807) is 0 Å². The van der Waals surface area contributed by atoms with Crippen LogP contribution in [0.4, 0.5) is 0 Å². The molecule has 0 saturated heterocycles. The highest BCUT2D eigenvalue weighted by molar-refractivity contribution is 5.74. The number of carboxylic acids is 1. The van der Waals surface area contributed by atoms with E-state index in [1.165, 1.54) is 7.05 Å². The number of likely N-dealkylation sites (N-methyl/N-ethyl adjacent to an activating group) is 1. The molecule has 0 rings (SSSR count). The van der Waals surface area contributed by atoms with Crippen LogP contribution in [-0.4, -0.2) is 35.4 Å². The minimum Gasteiger partial charge on any atom is -0.480 e. The van der Waals surface area contributed by atoms with Crippen molar-refractivity contribution in [1.29, 1.82) is 0 Å². The van der Waals surface area contributed by atoms with Crippen molar-refractivity contribution in [3.05, 3.63) is 12.2 Å². The van der Waals surface area contributed by atoms with E-state index in [-0.39, 0.29) is 5.92 Å². The van der Waals surface area contributed by atoms with Crippen molar-refractivity contribution in [2.45, 2.75) is 32.4 Å². The summed E-state index contributed by atoms with van der Waals surface area (Å²) in [5.74, 6) is -1.09. The summed E-state index contributed by atoms with van der Waals surface area (Å²) < 4.78 is 0. The van der Waals surface area contributed by atoms with Crippen molar-refractivity contribution in [3.63, 3.8) is 0 Å². The highest BCUT2D eigenvalue weighted by atomic mass is 16.4. The number of hydrogen-bond acceptors (Lipinski definition) is 3. The molecule has 14 heavy (non-hydrogen) atoms. The maximum Gasteiger partial charge on any atom is 0.323 e. The van der Waals surface area contributed by atoms with Crippen molar-refractivity contribution < 1.29 is 15.0 Å². The van der Waals surface area contributed by atoms with Gasteiger partial charge in [0.05, 0.1) is 6.10 Å². The number of nitrogens with one attached hydrogen (secondary N) is 1. The fourth-order valence-electron chi connectivity index (χ4n) is 1.26. The number of aliphatic carboxylic acids is 1. The quantitative estimate of drug-likeness (QED) is 0.551. The van der Waals surface area contributed by atoms with Gasteiger partial charge in [0.25, 0.3) is 0 Å². The zero-order valence-corrected chi connectivity index (χ0v) is 8.90. The first-order valence-corrected chi connectivity index (χ1v) is 4.73. The SMILES string of the molecule is CC=CC[C@@H](C)[C@@H](O)[C@H](NC)C(=O)O. The zero-order valence-electron chi connectivity index (χ0n) is 8.90. The first-order valence-electron chi connectivity index (χ1n) is 4.73. The van der Waals surface area contributed by atoms with Gasteiger partial charge in [-0.15, -0.1) is 0 Å². The number of carbonyl (C=O) groups is 1. The lowest BCUT2D eigenvalue weighted by molar-refractivity contribution is -0.143. The number of aliphatic hydroxyl groups is 1. The summed E-state index contributed by atoms with van der Waals surface area (Å²) in [4.78, 5) is 10.7. The number of aliphatic hydroxyl groups excluding tert-OH is 1. The Labute approximate surface area is 84.6 Å². The Hall–Kier alpha value is -0.870.